The van der Waals surface area contributed by atoms with E-state index >= 15 is 0 Å². The fraction of sp³-hybridized carbons (Fsp3) is 0.500. The Morgan fingerprint density at radius 1 is 1.18 bits per heavy atom. The molecule has 178 valence electrons. The maximum atomic E-state index is 13.6. The minimum atomic E-state index is -0.223. The maximum Gasteiger partial charge on any atom is 0.241 e. The van der Waals surface area contributed by atoms with Gasteiger partial charge in [-0.25, -0.2) is 0 Å². The van der Waals surface area contributed by atoms with Gasteiger partial charge in [-0.3, -0.25) is 9.69 Å². The van der Waals surface area contributed by atoms with Crippen molar-refractivity contribution in [1.29, 1.82) is 0 Å². The standard InChI is InChI=1S/C26H36N4O3/c1-19(2)15-30(17-21-13-22(27)25-24(14-21)32-11-6-12-33-25)26(31)23-18-29(10-9-28-23)16-20-7-4-3-5-8-20/h3-5,7-8,13-14,19,23,28H,6,9-12,15-18,27H2,1-2H3. The summed E-state index contributed by atoms with van der Waals surface area (Å²) in [6.45, 7) is 9.95. The molecule has 2 heterocycles. The Kier molecular flexibility index (Phi) is 7.73. The molecular weight excluding hydrogens is 416 g/mol. The second kappa shape index (κ2) is 10.9. The van der Waals surface area contributed by atoms with E-state index in [0.29, 0.717) is 56.0 Å². The number of carbonyl (C=O) groups excluding carboxylic acids is 1. The van der Waals surface area contributed by atoms with Crippen LogP contribution in [-0.4, -0.2) is 61.1 Å². The average molecular weight is 453 g/mol. The summed E-state index contributed by atoms with van der Waals surface area (Å²) in [6, 6.07) is 14.1. The fourth-order valence-corrected chi connectivity index (χ4v) is 4.53. The lowest BCUT2D eigenvalue weighted by molar-refractivity contribution is -0.135. The van der Waals surface area contributed by atoms with Gasteiger partial charge in [-0.15, -0.1) is 0 Å². The smallest absolute Gasteiger partial charge is 0.241 e. The predicted molar refractivity (Wildman–Crippen MR) is 130 cm³/mol. The van der Waals surface area contributed by atoms with E-state index in [9.17, 15) is 4.79 Å². The molecule has 0 aliphatic carbocycles. The number of nitrogens with one attached hydrogen (secondary N) is 1. The van der Waals surface area contributed by atoms with Crippen LogP contribution in [0.2, 0.25) is 0 Å². The third-order valence-electron chi connectivity index (χ3n) is 6.01. The molecule has 0 aromatic heterocycles. The van der Waals surface area contributed by atoms with Gasteiger partial charge in [0.2, 0.25) is 5.91 Å². The summed E-state index contributed by atoms with van der Waals surface area (Å²) >= 11 is 0. The van der Waals surface area contributed by atoms with Crippen molar-refractivity contribution < 1.29 is 14.3 Å². The Labute approximate surface area is 196 Å². The quantitative estimate of drug-likeness (QED) is 0.629. The number of rotatable bonds is 7. The predicted octanol–water partition coefficient (Wildman–Crippen LogP) is 2.89. The Morgan fingerprint density at radius 3 is 2.76 bits per heavy atom. The number of carbonyl (C=O) groups is 1. The van der Waals surface area contributed by atoms with Crippen LogP contribution in [0.3, 0.4) is 0 Å². The van der Waals surface area contributed by atoms with Crippen LogP contribution in [0, 0.1) is 5.92 Å². The lowest BCUT2D eigenvalue weighted by Gasteiger charge is -2.36. The zero-order chi connectivity index (χ0) is 23.2. The van der Waals surface area contributed by atoms with E-state index in [4.69, 9.17) is 15.2 Å². The number of nitrogen functional groups attached to an aromatic ring is 1. The van der Waals surface area contributed by atoms with Crippen molar-refractivity contribution in [3.63, 3.8) is 0 Å². The molecule has 0 spiro atoms. The van der Waals surface area contributed by atoms with Gasteiger partial charge in [0.05, 0.1) is 24.9 Å². The van der Waals surface area contributed by atoms with Crippen molar-refractivity contribution in [1.82, 2.24) is 15.1 Å². The number of nitrogens with two attached hydrogens (primary N) is 1. The van der Waals surface area contributed by atoms with Crippen LogP contribution in [0.15, 0.2) is 42.5 Å². The molecule has 0 saturated carbocycles. The van der Waals surface area contributed by atoms with E-state index in [2.05, 4.69) is 48.3 Å². The number of nitrogens with zero attached hydrogens (tertiary/aromatic N) is 2. The van der Waals surface area contributed by atoms with Gasteiger partial charge in [0.1, 0.15) is 0 Å². The molecule has 33 heavy (non-hydrogen) atoms. The van der Waals surface area contributed by atoms with E-state index < -0.39 is 0 Å². The van der Waals surface area contributed by atoms with Crippen molar-refractivity contribution in [2.24, 2.45) is 5.92 Å². The number of benzene rings is 2. The van der Waals surface area contributed by atoms with E-state index in [1.807, 2.05) is 23.1 Å². The highest BCUT2D eigenvalue weighted by Gasteiger charge is 2.30. The summed E-state index contributed by atoms with van der Waals surface area (Å²) in [5, 5.41) is 3.44. The number of fused-ring (bicyclic) bond motifs is 1. The Bertz CT molecular complexity index is 935. The van der Waals surface area contributed by atoms with Crippen LogP contribution in [-0.2, 0) is 17.9 Å². The number of amides is 1. The monoisotopic (exact) mass is 452 g/mol. The first-order valence-corrected chi connectivity index (χ1v) is 12.0. The lowest BCUT2D eigenvalue weighted by Crippen LogP contribution is -2.57. The topological polar surface area (TPSA) is 80.1 Å². The number of anilines is 1. The molecule has 2 aromatic rings. The zero-order valence-corrected chi connectivity index (χ0v) is 19.8. The van der Waals surface area contributed by atoms with Crippen LogP contribution >= 0.6 is 0 Å². The van der Waals surface area contributed by atoms with Gasteiger partial charge in [-0.1, -0.05) is 44.2 Å². The van der Waals surface area contributed by atoms with Crippen LogP contribution < -0.4 is 20.5 Å². The summed E-state index contributed by atoms with van der Waals surface area (Å²) in [6.07, 6.45) is 0.828. The molecule has 4 rings (SSSR count). The van der Waals surface area contributed by atoms with E-state index in [1.54, 1.807) is 0 Å². The van der Waals surface area contributed by atoms with Gasteiger partial charge in [-0.2, -0.15) is 0 Å². The molecule has 1 fully saturated rings. The number of hydrogen-bond donors (Lipinski definition) is 2. The molecule has 2 aromatic carbocycles. The minimum Gasteiger partial charge on any atom is -0.489 e. The van der Waals surface area contributed by atoms with Crippen LogP contribution in [0.1, 0.15) is 31.4 Å². The number of piperazine rings is 1. The number of ether oxygens (including phenoxy) is 2. The molecule has 1 atom stereocenters. The molecule has 7 nitrogen and oxygen atoms in total. The highest BCUT2D eigenvalue weighted by molar-refractivity contribution is 5.82. The van der Waals surface area contributed by atoms with Crippen molar-refractivity contribution in [2.45, 2.75) is 39.4 Å². The largest absolute Gasteiger partial charge is 0.489 e. The minimum absolute atomic E-state index is 0.132. The summed E-state index contributed by atoms with van der Waals surface area (Å²) < 4.78 is 11.6. The Morgan fingerprint density at radius 2 is 1.97 bits per heavy atom. The fourth-order valence-electron chi connectivity index (χ4n) is 4.53. The molecular formula is C26H36N4O3. The Hall–Kier alpha value is -2.77. The van der Waals surface area contributed by atoms with Crippen molar-refractivity contribution in [2.75, 3.05) is 45.1 Å². The van der Waals surface area contributed by atoms with E-state index in [0.717, 1.165) is 31.6 Å². The van der Waals surface area contributed by atoms with E-state index in [1.165, 1.54) is 5.56 Å². The molecule has 0 bridgehead atoms. The third-order valence-corrected chi connectivity index (χ3v) is 6.01. The highest BCUT2D eigenvalue weighted by atomic mass is 16.5. The van der Waals surface area contributed by atoms with Gasteiger partial charge < -0.3 is 25.4 Å². The molecule has 2 aliphatic heterocycles. The van der Waals surface area contributed by atoms with Crippen molar-refractivity contribution >= 4 is 11.6 Å². The lowest BCUT2D eigenvalue weighted by atomic mass is 10.1. The highest BCUT2D eigenvalue weighted by Crippen LogP contribution is 2.37. The first kappa shape index (κ1) is 23.4. The Balaban J connectivity index is 1.47. The van der Waals surface area contributed by atoms with Crippen molar-refractivity contribution in [3.05, 3.63) is 53.6 Å². The normalized spacial score (nSPS) is 18.7. The molecule has 1 unspecified atom stereocenters. The average Bonchev–Trinajstić information content (AvgIpc) is 3.05. The van der Waals surface area contributed by atoms with Gasteiger partial charge in [0, 0.05) is 45.7 Å². The first-order chi connectivity index (χ1) is 16.0. The summed E-state index contributed by atoms with van der Waals surface area (Å²) in [7, 11) is 0. The third kappa shape index (κ3) is 6.18. The van der Waals surface area contributed by atoms with Gasteiger partial charge >= 0.3 is 0 Å². The first-order valence-electron chi connectivity index (χ1n) is 12.0. The molecule has 1 saturated heterocycles. The van der Waals surface area contributed by atoms with Gasteiger partial charge in [0.15, 0.2) is 11.5 Å². The summed E-state index contributed by atoms with van der Waals surface area (Å²) in [5.74, 6) is 1.77. The van der Waals surface area contributed by atoms with Gasteiger partial charge in [0.25, 0.3) is 0 Å². The molecule has 0 radical (unpaired) electrons. The van der Waals surface area contributed by atoms with E-state index in [-0.39, 0.29) is 11.9 Å². The van der Waals surface area contributed by atoms with Gasteiger partial charge in [-0.05, 0) is 29.2 Å². The summed E-state index contributed by atoms with van der Waals surface area (Å²) in [4.78, 5) is 17.9. The van der Waals surface area contributed by atoms with Crippen LogP contribution in [0.4, 0.5) is 5.69 Å². The molecule has 1 amide bonds. The van der Waals surface area contributed by atoms with Crippen LogP contribution in [0.25, 0.3) is 0 Å². The molecule has 7 heteroatoms. The maximum absolute atomic E-state index is 13.6. The molecule has 2 aliphatic rings. The van der Waals surface area contributed by atoms with Crippen LogP contribution in [0.5, 0.6) is 11.5 Å². The number of hydrogen-bond acceptors (Lipinski definition) is 6. The van der Waals surface area contributed by atoms with Crippen molar-refractivity contribution in [3.8, 4) is 11.5 Å². The second-order valence-corrected chi connectivity index (χ2v) is 9.40. The zero-order valence-electron chi connectivity index (χ0n) is 19.8. The molecule has 3 N–H and O–H groups in total. The SMILES string of the molecule is CC(C)CN(Cc1cc(N)c2c(c1)OCCCO2)C(=O)C1CN(Cc2ccccc2)CCN1. The summed E-state index contributed by atoms with van der Waals surface area (Å²) in [5.41, 5.74) is 9.06. The second-order valence-electron chi connectivity index (χ2n) is 9.40.